The van der Waals surface area contributed by atoms with Crippen LogP contribution in [0, 0.1) is 11.3 Å². The number of amides is 2. The molecule has 1 N–H and O–H groups in total. The molecule has 2 heterocycles. The van der Waals surface area contributed by atoms with Crippen LogP contribution in [-0.2, 0) is 0 Å². The Balaban J connectivity index is 1.44. The molecule has 2 amide bonds. The van der Waals surface area contributed by atoms with Gasteiger partial charge in [-0.05, 0) is 18.9 Å². The quantitative estimate of drug-likeness (QED) is 0.916. The molecule has 0 unspecified atom stereocenters. The maximum absolute atomic E-state index is 12.0. The molecule has 0 atom stereocenters. The molecule has 1 aliphatic carbocycles. The number of nitriles is 1. The highest BCUT2D eigenvalue weighted by Gasteiger charge is 2.33. The van der Waals surface area contributed by atoms with Crippen LogP contribution in [0.3, 0.4) is 0 Å². The molecule has 1 aromatic rings. The molecule has 6 heteroatoms. The van der Waals surface area contributed by atoms with Gasteiger partial charge in [-0.3, -0.25) is 0 Å². The van der Waals surface area contributed by atoms with Crippen LogP contribution >= 0.6 is 0 Å². The molecule has 1 aliphatic heterocycles. The Morgan fingerprint density at radius 3 is 2.90 bits per heavy atom. The molecule has 0 radical (unpaired) electrons. The van der Waals surface area contributed by atoms with E-state index in [0.29, 0.717) is 30.6 Å². The number of hydrogen-bond acceptors (Lipinski definition) is 4. The first kappa shape index (κ1) is 13.7. The van der Waals surface area contributed by atoms with Crippen LogP contribution in [-0.4, -0.2) is 41.2 Å². The van der Waals surface area contributed by atoms with Crippen LogP contribution in [0.5, 0.6) is 5.88 Å². The summed E-state index contributed by atoms with van der Waals surface area (Å²) in [6, 6.07) is 5.64. The fourth-order valence-corrected chi connectivity index (χ4v) is 2.73. The molecule has 0 spiro atoms. The Bertz CT molecular complexity index is 557. The average molecular weight is 286 g/mol. The zero-order valence-corrected chi connectivity index (χ0v) is 11.8. The van der Waals surface area contributed by atoms with Gasteiger partial charge in [0, 0.05) is 18.3 Å². The van der Waals surface area contributed by atoms with E-state index in [0.717, 1.165) is 12.8 Å². The molecule has 0 aromatic carbocycles. The lowest BCUT2D eigenvalue weighted by molar-refractivity contribution is 0.0405. The van der Waals surface area contributed by atoms with Crippen LogP contribution in [0.4, 0.5) is 4.79 Å². The average Bonchev–Trinajstić information content (AvgIpc) is 2.95. The first-order valence-electron chi connectivity index (χ1n) is 7.33. The van der Waals surface area contributed by atoms with E-state index >= 15 is 0 Å². The number of hydrogen-bond donors (Lipinski definition) is 1. The molecular formula is C15H18N4O2. The number of ether oxygens (including phenoxy) is 1. The zero-order chi connectivity index (χ0) is 14.7. The summed E-state index contributed by atoms with van der Waals surface area (Å²) in [6.07, 6.45) is 6.10. The second kappa shape index (κ2) is 6.00. The van der Waals surface area contributed by atoms with Crippen molar-refractivity contribution in [3.05, 3.63) is 23.9 Å². The second-order valence-electron chi connectivity index (χ2n) is 5.57. The lowest BCUT2D eigenvalue weighted by Crippen LogP contribution is -2.59. The zero-order valence-electron chi connectivity index (χ0n) is 11.8. The summed E-state index contributed by atoms with van der Waals surface area (Å²) in [7, 11) is 0. The van der Waals surface area contributed by atoms with Gasteiger partial charge in [-0.2, -0.15) is 5.26 Å². The van der Waals surface area contributed by atoms with E-state index in [4.69, 9.17) is 10.00 Å². The van der Waals surface area contributed by atoms with Crippen molar-refractivity contribution in [2.45, 2.75) is 37.8 Å². The third-order valence-electron chi connectivity index (χ3n) is 3.97. The smallest absolute Gasteiger partial charge is 0.317 e. The van der Waals surface area contributed by atoms with Crippen LogP contribution in [0.25, 0.3) is 0 Å². The van der Waals surface area contributed by atoms with Gasteiger partial charge in [-0.1, -0.05) is 12.8 Å². The minimum absolute atomic E-state index is 0.000449. The first-order chi connectivity index (χ1) is 10.2. The predicted molar refractivity (Wildman–Crippen MR) is 75.7 cm³/mol. The van der Waals surface area contributed by atoms with E-state index in [-0.39, 0.29) is 12.1 Å². The van der Waals surface area contributed by atoms with Gasteiger partial charge in [0.15, 0.2) is 0 Å². The van der Waals surface area contributed by atoms with Crippen molar-refractivity contribution in [3.63, 3.8) is 0 Å². The van der Waals surface area contributed by atoms with Crippen LogP contribution in [0.15, 0.2) is 18.3 Å². The number of pyridine rings is 1. The Hall–Kier alpha value is -2.29. The van der Waals surface area contributed by atoms with Crippen molar-refractivity contribution in [2.24, 2.45) is 0 Å². The molecule has 1 saturated carbocycles. The number of nitrogens with zero attached hydrogens (tertiary/aromatic N) is 3. The summed E-state index contributed by atoms with van der Waals surface area (Å²) >= 11 is 0. The minimum atomic E-state index is -0.0410. The molecule has 21 heavy (non-hydrogen) atoms. The summed E-state index contributed by atoms with van der Waals surface area (Å²) in [5.74, 6) is 0.440. The van der Waals surface area contributed by atoms with Gasteiger partial charge in [-0.25, -0.2) is 9.78 Å². The molecule has 110 valence electrons. The third kappa shape index (κ3) is 3.24. The molecule has 0 bridgehead atoms. The Morgan fingerprint density at radius 2 is 2.19 bits per heavy atom. The van der Waals surface area contributed by atoms with E-state index in [1.807, 2.05) is 6.07 Å². The molecule has 3 rings (SSSR count). The number of nitrogens with one attached hydrogen (secondary N) is 1. The summed E-state index contributed by atoms with van der Waals surface area (Å²) in [5.41, 5.74) is 0.523. The summed E-state index contributed by atoms with van der Waals surface area (Å²) in [4.78, 5) is 17.8. The largest absolute Gasteiger partial charge is 0.471 e. The van der Waals surface area contributed by atoms with Crippen LogP contribution in [0.2, 0.25) is 0 Å². The van der Waals surface area contributed by atoms with Gasteiger partial charge in [0.1, 0.15) is 6.10 Å². The van der Waals surface area contributed by atoms with Gasteiger partial charge in [0.05, 0.1) is 24.7 Å². The van der Waals surface area contributed by atoms with Gasteiger partial charge in [-0.15, -0.1) is 0 Å². The summed E-state index contributed by atoms with van der Waals surface area (Å²) in [6.45, 7) is 1.13. The van der Waals surface area contributed by atoms with Crippen molar-refractivity contribution in [1.29, 1.82) is 5.26 Å². The molecular weight excluding hydrogens is 268 g/mol. The van der Waals surface area contributed by atoms with E-state index in [1.165, 1.54) is 12.8 Å². The van der Waals surface area contributed by atoms with Crippen molar-refractivity contribution in [1.82, 2.24) is 15.2 Å². The van der Waals surface area contributed by atoms with E-state index < -0.39 is 0 Å². The standard InChI is InChI=1S/C15H18N4O2/c16-8-11-5-6-17-14(7-11)21-13-9-19(10-13)15(20)18-12-3-1-2-4-12/h5-7,12-13H,1-4,9-10H2,(H,18,20). The van der Waals surface area contributed by atoms with Crippen molar-refractivity contribution < 1.29 is 9.53 Å². The Morgan fingerprint density at radius 1 is 1.43 bits per heavy atom. The summed E-state index contributed by atoms with van der Waals surface area (Å²) < 4.78 is 5.66. The maximum atomic E-state index is 12.0. The topological polar surface area (TPSA) is 78.2 Å². The number of carbonyl (C=O) groups excluding carboxylic acids is 1. The lowest BCUT2D eigenvalue weighted by Gasteiger charge is -2.39. The fraction of sp³-hybridized carbons (Fsp3) is 0.533. The number of likely N-dealkylation sites (tertiary alicyclic amines) is 1. The van der Waals surface area contributed by atoms with Gasteiger partial charge >= 0.3 is 6.03 Å². The third-order valence-corrected chi connectivity index (χ3v) is 3.97. The highest BCUT2D eigenvalue weighted by Crippen LogP contribution is 2.20. The lowest BCUT2D eigenvalue weighted by atomic mass is 10.2. The van der Waals surface area contributed by atoms with Gasteiger partial charge in [0.25, 0.3) is 0 Å². The number of urea groups is 1. The first-order valence-corrected chi connectivity index (χ1v) is 7.33. The van der Waals surface area contributed by atoms with Gasteiger partial charge in [0.2, 0.25) is 5.88 Å². The highest BCUT2D eigenvalue weighted by atomic mass is 16.5. The predicted octanol–water partition coefficient (Wildman–Crippen LogP) is 1.67. The normalized spacial score (nSPS) is 18.9. The molecule has 2 aliphatic rings. The monoisotopic (exact) mass is 286 g/mol. The van der Waals surface area contributed by atoms with Crippen molar-refractivity contribution in [2.75, 3.05) is 13.1 Å². The Kier molecular flexibility index (Phi) is 3.91. The van der Waals surface area contributed by atoms with Crippen molar-refractivity contribution in [3.8, 4) is 11.9 Å². The van der Waals surface area contributed by atoms with Crippen LogP contribution in [0.1, 0.15) is 31.2 Å². The Labute approximate surface area is 123 Å². The van der Waals surface area contributed by atoms with E-state index in [2.05, 4.69) is 10.3 Å². The molecule has 2 fully saturated rings. The van der Waals surface area contributed by atoms with Crippen molar-refractivity contribution >= 4 is 6.03 Å². The fourth-order valence-electron chi connectivity index (χ4n) is 2.73. The second-order valence-corrected chi connectivity index (χ2v) is 5.57. The number of carbonyl (C=O) groups is 1. The minimum Gasteiger partial charge on any atom is -0.471 e. The van der Waals surface area contributed by atoms with E-state index in [1.54, 1.807) is 23.2 Å². The maximum Gasteiger partial charge on any atom is 0.317 e. The van der Waals surface area contributed by atoms with Crippen LogP contribution < -0.4 is 10.1 Å². The summed E-state index contributed by atoms with van der Waals surface area (Å²) in [5, 5.41) is 11.9. The highest BCUT2D eigenvalue weighted by molar-refractivity contribution is 5.75. The number of aromatic nitrogens is 1. The molecule has 1 aromatic heterocycles. The molecule has 1 saturated heterocycles. The van der Waals surface area contributed by atoms with E-state index in [9.17, 15) is 4.79 Å². The van der Waals surface area contributed by atoms with Gasteiger partial charge < -0.3 is 15.0 Å². The SMILES string of the molecule is N#Cc1ccnc(OC2CN(C(=O)NC3CCCC3)C2)c1. The number of rotatable bonds is 3. The molecule has 6 nitrogen and oxygen atoms in total.